The van der Waals surface area contributed by atoms with Crippen LogP contribution in [0.15, 0.2) is 0 Å². The van der Waals surface area contributed by atoms with E-state index in [4.69, 9.17) is 30.5 Å². The molecule has 1 aliphatic rings. The number of ether oxygens (including phenoxy) is 2. The van der Waals surface area contributed by atoms with Crippen molar-refractivity contribution < 1.29 is 88.4 Å². The maximum absolute atomic E-state index is 13.4. The minimum absolute atomic E-state index is 0.0798. The first-order valence-corrected chi connectivity index (χ1v) is 17.6. The lowest BCUT2D eigenvalue weighted by molar-refractivity contribution is -0.266. The summed E-state index contributed by atoms with van der Waals surface area (Å²) in [4.78, 5) is 111. The highest BCUT2D eigenvalue weighted by Gasteiger charge is 2.47. The number of carbonyl (C=O) groups excluding carboxylic acids is 6. The number of aliphatic hydroxyl groups is 4. The number of rotatable bonds is 24. The first kappa shape index (κ1) is 50.0. The molecule has 0 aliphatic carbocycles. The third kappa shape index (κ3) is 16.5. The van der Waals surface area contributed by atoms with Crippen LogP contribution in [-0.2, 0) is 52.6 Å². The van der Waals surface area contributed by atoms with Gasteiger partial charge in [0.1, 0.15) is 66.7 Å². The van der Waals surface area contributed by atoms with E-state index in [2.05, 4.69) is 26.6 Å². The van der Waals surface area contributed by atoms with Crippen molar-refractivity contribution in [3.63, 3.8) is 0 Å². The number of aliphatic hydroxyl groups excluding tert-OH is 4. The van der Waals surface area contributed by atoms with Gasteiger partial charge in [-0.2, -0.15) is 0 Å². The fourth-order valence-electron chi connectivity index (χ4n) is 5.23. The number of nitrogens with one attached hydrogen (secondary N) is 6. The summed E-state index contributed by atoms with van der Waals surface area (Å²) < 4.78 is 10.7. The Balaban J connectivity index is 3.06. The minimum Gasteiger partial charge on any atom is -0.481 e. The second-order valence-corrected chi connectivity index (χ2v) is 13.2. The molecule has 1 saturated heterocycles. The average molecular weight is 824 g/mol. The Bertz CT molecular complexity index is 1450. The van der Waals surface area contributed by atoms with Crippen molar-refractivity contribution in [2.75, 3.05) is 13.2 Å². The standard InChI is InChI=1S/C32H53N7O18/c1-12(35-27(48)14(3)56-24-22(36-15(4)42)32(55)57-20(11-41)23(24)45)25(46)34-13(2)26(47)37-17(7-5-6-16(33)30(51)52)28(49)38-18(8-9-21(43)44)29(50)39-19(10-40)31(53)54/h12-14,16-20,22-24,32,40-41,45,55H,5-11,33H2,1-4H3,(H,34,46)(H,35,48)(H,36,42)(H,37,47)(H,38,49)(H,39,50)(H,43,44)(H,51,52)(H,53,54)/t12-,13-,14+,16?,17+,18?,19?,20?,22?,23?,24?,32?/m0/s1. The van der Waals surface area contributed by atoms with Gasteiger partial charge in [0.05, 0.1) is 13.2 Å². The van der Waals surface area contributed by atoms with Crippen LogP contribution < -0.4 is 37.6 Å². The molecule has 1 heterocycles. The summed E-state index contributed by atoms with van der Waals surface area (Å²) in [5.41, 5.74) is 5.53. The molecule has 12 atom stereocenters. The lowest BCUT2D eigenvalue weighted by Gasteiger charge is -2.43. The largest absolute Gasteiger partial charge is 0.481 e. The maximum atomic E-state index is 13.4. The highest BCUT2D eigenvalue weighted by Crippen LogP contribution is 2.24. The zero-order valence-electron chi connectivity index (χ0n) is 31.6. The van der Waals surface area contributed by atoms with Crippen LogP contribution in [0.4, 0.5) is 0 Å². The van der Waals surface area contributed by atoms with Gasteiger partial charge in [0.25, 0.3) is 0 Å². The molecule has 0 aromatic heterocycles. The van der Waals surface area contributed by atoms with Gasteiger partial charge in [0.15, 0.2) is 6.29 Å². The molecule has 25 heteroatoms. The number of carboxylic acids is 3. The smallest absolute Gasteiger partial charge is 0.328 e. The highest BCUT2D eigenvalue weighted by molar-refractivity contribution is 5.96. The van der Waals surface area contributed by atoms with Crippen molar-refractivity contribution in [1.82, 2.24) is 31.9 Å². The van der Waals surface area contributed by atoms with Crippen molar-refractivity contribution in [3.05, 3.63) is 0 Å². The van der Waals surface area contributed by atoms with Gasteiger partial charge in [-0.3, -0.25) is 38.4 Å². The number of carboxylic acid groups (broad SMARTS) is 3. The molecule has 0 radical (unpaired) electrons. The van der Waals surface area contributed by atoms with Gasteiger partial charge in [-0.05, 0) is 46.5 Å². The number of hydrogen-bond donors (Lipinski definition) is 14. The van der Waals surface area contributed by atoms with Crippen LogP contribution in [0.5, 0.6) is 0 Å². The lowest BCUT2D eigenvalue weighted by Crippen LogP contribution is -2.65. The average Bonchev–Trinajstić information content (AvgIpc) is 3.13. The van der Waals surface area contributed by atoms with Crippen LogP contribution in [-0.4, -0.2) is 175 Å². The van der Waals surface area contributed by atoms with Gasteiger partial charge in [-0.1, -0.05) is 0 Å². The van der Waals surface area contributed by atoms with Crippen LogP contribution in [0.2, 0.25) is 0 Å². The molecule has 0 aromatic carbocycles. The highest BCUT2D eigenvalue weighted by atomic mass is 16.6. The Kier molecular flexibility index (Phi) is 20.9. The monoisotopic (exact) mass is 823 g/mol. The molecule has 6 amide bonds. The van der Waals surface area contributed by atoms with Crippen molar-refractivity contribution in [2.24, 2.45) is 5.73 Å². The number of aliphatic carboxylic acids is 3. The second-order valence-electron chi connectivity index (χ2n) is 13.2. The molecule has 25 nitrogen and oxygen atoms in total. The quantitative estimate of drug-likeness (QED) is 0.0430. The van der Waals surface area contributed by atoms with E-state index in [1.807, 2.05) is 5.32 Å². The summed E-state index contributed by atoms with van der Waals surface area (Å²) >= 11 is 0. The van der Waals surface area contributed by atoms with Crippen molar-refractivity contribution in [3.8, 4) is 0 Å². The van der Waals surface area contributed by atoms with Crippen LogP contribution in [0.3, 0.4) is 0 Å². The van der Waals surface area contributed by atoms with Gasteiger partial charge < -0.3 is 82.9 Å². The van der Waals surface area contributed by atoms with E-state index < -0.39 is 152 Å². The van der Waals surface area contributed by atoms with Crippen molar-refractivity contribution in [2.45, 2.75) is 133 Å². The zero-order valence-corrected chi connectivity index (χ0v) is 31.6. The molecule has 1 fully saturated rings. The predicted molar refractivity (Wildman–Crippen MR) is 188 cm³/mol. The number of nitrogens with two attached hydrogens (primary N) is 1. The minimum atomic E-state index is -1.81. The van der Waals surface area contributed by atoms with E-state index >= 15 is 0 Å². The molecule has 0 bridgehead atoms. The molecule has 57 heavy (non-hydrogen) atoms. The third-order valence-electron chi connectivity index (χ3n) is 8.51. The summed E-state index contributed by atoms with van der Waals surface area (Å²) in [5, 5.41) is 80.6. The summed E-state index contributed by atoms with van der Waals surface area (Å²) in [6.07, 6.45) is -9.35. The first-order valence-electron chi connectivity index (χ1n) is 17.6. The van der Waals surface area contributed by atoms with Crippen molar-refractivity contribution in [1.29, 1.82) is 0 Å². The summed E-state index contributed by atoms with van der Waals surface area (Å²) in [6, 6.07) is -10.5. The Morgan fingerprint density at radius 1 is 0.702 bits per heavy atom. The zero-order chi connectivity index (χ0) is 43.7. The predicted octanol–water partition coefficient (Wildman–Crippen LogP) is -6.68. The van der Waals surface area contributed by atoms with E-state index in [1.165, 1.54) is 20.8 Å². The summed E-state index contributed by atoms with van der Waals surface area (Å²) in [7, 11) is 0. The summed E-state index contributed by atoms with van der Waals surface area (Å²) in [6.45, 7) is 2.98. The number of amides is 6. The van der Waals surface area contributed by atoms with E-state index in [1.54, 1.807) is 0 Å². The number of hydrogen-bond acceptors (Lipinski definition) is 16. The number of carbonyl (C=O) groups is 9. The molecule has 1 aliphatic heterocycles. The van der Waals surface area contributed by atoms with Gasteiger partial charge in [0.2, 0.25) is 35.4 Å². The lowest BCUT2D eigenvalue weighted by atomic mass is 9.96. The van der Waals surface area contributed by atoms with Crippen LogP contribution >= 0.6 is 0 Å². The Morgan fingerprint density at radius 3 is 1.70 bits per heavy atom. The van der Waals surface area contributed by atoms with Crippen molar-refractivity contribution >= 4 is 53.4 Å². The second kappa shape index (κ2) is 23.9. The van der Waals surface area contributed by atoms with Gasteiger partial charge in [0, 0.05) is 13.3 Å². The SMILES string of the molecule is CC(=O)NC1C(O)OC(CO)C(O)C1O[C@H](C)C(=O)N[C@@H](C)C(=O)N[C@@H](C)C(=O)N[C@H](CCCC(N)C(=O)O)C(=O)NC(CCC(=O)O)C(=O)NC(CO)C(=O)O. The summed E-state index contributed by atoms with van der Waals surface area (Å²) in [5.74, 6) is -10.1. The topological polar surface area (TPSA) is 412 Å². The van der Waals surface area contributed by atoms with Gasteiger partial charge in [-0.15, -0.1) is 0 Å². The molecular formula is C32H53N7O18. The fourth-order valence-corrected chi connectivity index (χ4v) is 5.23. The molecule has 0 aromatic rings. The van der Waals surface area contributed by atoms with E-state index in [0.717, 1.165) is 6.92 Å². The van der Waals surface area contributed by atoms with E-state index in [0.29, 0.717) is 0 Å². The fraction of sp³-hybridized carbons (Fsp3) is 0.719. The molecule has 324 valence electrons. The molecule has 15 N–H and O–H groups in total. The molecular weight excluding hydrogens is 770 g/mol. The van der Waals surface area contributed by atoms with Crippen LogP contribution in [0, 0.1) is 0 Å². The van der Waals surface area contributed by atoms with E-state index in [-0.39, 0.29) is 19.3 Å². The Labute approximate surface area is 325 Å². The normalized spacial score (nSPS) is 22.8. The van der Waals surface area contributed by atoms with Gasteiger partial charge in [-0.25, -0.2) is 4.79 Å². The molecule has 8 unspecified atom stereocenters. The molecule has 1 rings (SSSR count). The Hall–Kier alpha value is -5.05. The third-order valence-corrected chi connectivity index (χ3v) is 8.51. The maximum Gasteiger partial charge on any atom is 0.328 e. The first-order chi connectivity index (χ1) is 26.5. The Morgan fingerprint density at radius 2 is 1.21 bits per heavy atom. The molecule has 0 spiro atoms. The van der Waals surface area contributed by atoms with Crippen LogP contribution in [0.1, 0.15) is 59.8 Å². The van der Waals surface area contributed by atoms with Gasteiger partial charge >= 0.3 is 17.9 Å². The van der Waals surface area contributed by atoms with Crippen LogP contribution in [0.25, 0.3) is 0 Å². The van der Waals surface area contributed by atoms with E-state index in [9.17, 15) is 63.6 Å². The molecule has 0 saturated carbocycles.